The van der Waals surface area contributed by atoms with E-state index >= 15 is 0 Å². The largest absolute Gasteiger partial charge is 0.311 e. The Morgan fingerprint density at radius 2 is 0.532 bits per heavy atom. The Morgan fingerprint density at radius 3 is 0.915 bits per heavy atom. The predicted molar refractivity (Wildman–Crippen MR) is 195 cm³/mol. The minimum atomic E-state index is 0.0145. The van der Waals surface area contributed by atoms with E-state index in [1.54, 1.807) is 0 Å². The highest BCUT2D eigenvalue weighted by Crippen LogP contribution is 2.39. The molecule has 0 unspecified atom stereocenters. The predicted octanol–water partition coefficient (Wildman–Crippen LogP) is 11.4. The highest BCUT2D eigenvalue weighted by atomic mass is 16.1. The highest BCUT2D eigenvalue weighted by Gasteiger charge is 2.18. The second kappa shape index (κ2) is 13.8. The second-order valence-electron chi connectivity index (χ2n) is 11.3. The molecular weight excluding hydrogens is 571 g/mol. The summed E-state index contributed by atoms with van der Waals surface area (Å²) < 4.78 is 0. The SMILES string of the molecule is O=C(c1ccccc1)c1ccc(N(c2ccccc2)c2ccc(C(=C(c3ccccc3)c3ccccc3)c3ccccc3)cc2)cc1. The minimum Gasteiger partial charge on any atom is -0.311 e. The molecule has 2 nitrogen and oxygen atoms in total. The zero-order valence-electron chi connectivity index (χ0n) is 25.9. The number of hydrogen-bond acceptors (Lipinski definition) is 2. The maximum Gasteiger partial charge on any atom is 0.193 e. The van der Waals surface area contributed by atoms with E-state index in [0.717, 1.165) is 39.3 Å². The molecule has 0 heterocycles. The number of nitrogens with zero attached hydrogens (tertiary/aromatic N) is 1. The van der Waals surface area contributed by atoms with Crippen LogP contribution in [0.4, 0.5) is 17.1 Å². The molecule has 7 aromatic carbocycles. The number of carbonyl (C=O) groups excluding carboxylic acids is 1. The third kappa shape index (κ3) is 6.45. The number of ketones is 1. The van der Waals surface area contributed by atoms with Crippen molar-refractivity contribution in [2.24, 2.45) is 0 Å². The van der Waals surface area contributed by atoms with Gasteiger partial charge in [-0.15, -0.1) is 0 Å². The molecule has 0 N–H and O–H groups in total. The molecule has 224 valence electrons. The van der Waals surface area contributed by atoms with Crippen LogP contribution < -0.4 is 4.90 Å². The fourth-order valence-corrected chi connectivity index (χ4v) is 6.04. The molecule has 0 spiro atoms. The van der Waals surface area contributed by atoms with Gasteiger partial charge < -0.3 is 4.90 Å². The molecule has 0 saturated carbocycles. The molecule has 0 fully saturated rings. The number of carbonyl (C=O) groups is 1. The third-order valence-corrected chi connectivity index (χ3v) is 8.29. The summed E-state index contributed by atoms with van der Waals surface area (Å²) in [6.07, 6.45) is 0. The van der Waals surface area contributed by atoms with E-state index in [1.807, 2.05) is 72.8 Å². The fourth-order valence-electron chi connectivity index (χ4n) is 6.04. The Morgan fingerprint density at radius 1 is 0.277 bits per heavy atom. The van der Waals surface area contributed by atoms with Crippen molar-refractivity contribution in [3.63, 3.8) is 0 Å². The smallest absolute Gasteiger partial charge is 0.193 e. The maximum atomic E-state index is 13.1. The number of hydrogen-bond donors (Lipinski definition) is 0. The lowest BCUT2D eigenvalue weighted by atomic mass is 9.86. The molecule has 2 heteroatoms. The van der Waals surface area contributed by atoms with E-state index in [0.29, 0.717) is 11.1 Å². The lowest BCUT2D eigenvalue weighted by molar-refractivity contribution is 0.103. The molecule has 0 aromatic heterocycles. The summed E-state index contributed by atoms with van der Waals surface area (Å²) in [6, 6.07) is 68.3. The van der Waals surface area contributed by atoms with Gasteiger partial charge in [-0.1, -0.05) is 152 Å². The van der Waals surface area contributed by atoms with Gasteiger partial charge in [0.2, 0.25) is 0 Å². The average molecular weight is 604 g/mol. The van der Waals surface area contributed by atoms with Gasteiger partial charge in [0.25, 0.3) is 0 Å². The van der Waals surface area contributed by atoms with E-state index in [-0.39, 0.29) is 5.78 Å². The van der Waals surface area contributed by atoms with Crippen molar-refractivity contribution in [2.45, 2.75) is 0 Å². The average Bonchev–Trinajstić information content (AvgIpc) is 3.16. The summed E-state index contributed by atoms with van der Waals surface area (Å²) in [7, 11) is 0. The van der Waals surface area contributed by atoms with Crippen LogP contribution in [0.3, 0.4) is 0 Å². The van der Waals surface area contributed by atoms with Gasteiger partial charge >= 0.3 is 0 Å². The van der Waals surface area contributed by atoms with Crippen molar-refractivity contribution in [3.05, 3.63) is 234 Å². The topological polar surface area (TPSA) is 20.3 Å². The summed E-state index contributed by atoms with van der Waals surface area (Å²) in [5.41, 5.74) is 11.3. The van der Waals surface area contributed by atoms with Gasteiger partial charge in [-0.3, -0.25) is 4.79 Å². The molecule has 7 rings (SSSR count). The number of rotatable bonds is 9. The van der Waals surface area contributed by atoms with Crippen LogP contribution in [0, 0.1) is 0 Å². The standard InChI is InChI=1S/C45H33NO/c47-45(38-22-12-4-13-23-38)39-28-32-42(33-29-39)46(40-24-14-5-15-25-40)41-30-26-37(27-31-41)44(36-20-10-3-11-21-36)43(34-16-6-1-7-17-34)35-18-8-2-9-19-35/h1-33H. The Kier molecular flexibility index (Phi) is 8.65. The van der Waals surface area contributed by atoms with Crippen LogP contribution in [0.1, 0.15) is 38.2 Å². The Hall–Kier alpha value is -6.25. The Balaban J connectivity index is 1.33. The lowest BCUT2D eigenvalue weighted by Crippen LogP contribution is -2.10. The third-order valence-electron chi connectivity index (χ3n) is 8.29. The van der Waals surface area contributed by atoms with Crippen molar-refractivity contribution in [1.82, 2.24) is 0 Å². The van der Waals surface area contributed by atoms with Crippen molar-refractivity contribution >= 4 is 34.0 Å². The zero-order valence-corrected chi connectivity index (χ0v) is 25.9. The summed E-state index contributed by atoms with van der Waals surface area (Å²) in [4.78, 5) is 15.4. The molecule has 47 heavy (non-hydrogen) atoms. The van der Waals surface area contributed by atoms with E-state index in [4.69, 9.17) is 0 Å². The summed E-state index contributed by atoms with van der Waals surface area (Å²) >= 11 is 0. The summed E-state index contributed by atoms with van der Waals surface area (Å²) in [5.74, 6) is 0.0145. The molecule has 0 aliphatic rings. The van der Waals surface area contributed by atoms with Crippen LogP contribution in [0.15, 0.2) is 200 Å². The van der Waals surface area contributed by atoms with Crippen molar-refractivity contribution in [2.75, 3.05) is 4.90 Å². The van der Waals surface area contributed by atoms with Crippen LogP contribution in [-0.2, 0) is 0 Å². The molecule has 0 saturated heterocycles. The van der Waals surface area contributed by atoms with Gasteiger partial charge in [0.05, 0.1) is 0 Å². The van der Waals surface area contributed by atoms with Crippen LogP contribution in [0.2, 0.25) is 0 Å². The van der Waals surface area contributed by atoms with Crippen LogP contribution in [0.25, 0.3) is 11.1 Å². The minimum absolute atomic E-state index is 0.0145. The first-order valence-electron chi connectivity index (χ1n) is 15.8. The van der Waals surface area contributed by atoms with Gasteiger partial charge in [0, 0.05) is 28.2 Å². The van der Waals surface area contributed by atoms with Crippen molar-refractivity contribution in [1.29, 1.82) is 0 Å². The van der Waals surface area contributed by atoms with Crippen LogP contribution >= 0.6 is 0 Å². The maximum absolute atomic E-state index is 13.1. The first-order chi connectivity index (χ1) is 23.3. The van der Waals surface area contributed by atoms with E-state index in [1.165, 1.54) is 11.1 Å². The van der Waals surface area contributed by atoms with Gasteiger partial charge in [-0.2, -0.15) is 0 Å². The normalized spacial score (nSPS) is 10.6. The fraction of sp³-hybridized carbons (Fsp3) is 0. The molecular formula is C45H33NO. The van der Waals surface area contributed by atoms with E-state index < -0.39 is 0 Å². The zero-order chi connectivity index (χ0) is 31.8. The Labute approximate surface area is 276 Å². The summed E-state index contributed by atoms with van der Waals surface area (Å²) in [6.45, 7) is 0. The lowest BCUT2D eigenvalue weighted by Gasteiger charge is -2.26. The van der Waals surface area contributed by atoms with Crippen molar-refractivity contribution < 1.29 is 4.79 Å². The van der Waals surface area contributed by atoms with Gasteiger partial charge in [-0.05, 0) is 81.9 Å². The van der Waals surface area contributed by atoms with E-state index in [9.17, 15) is 4.79 Å². The van der Waals surface area contributed by atoms with Gasteiger partial charge in [0.15, 0.2) is 5.78 Å². The molecule has 0 atom stereocenters. The van der Waals surface area contributed by atoms with E-state index in [2.05, 4.69) is 132 Å². The number of benzene rings is 7. The van der Waals surface area contributed by atoms with Gasteiger partial charge in [-0.25, -0.2) is 0 Å². The first kappa shape index (κ1) is 29.5. The highest BCUT2D eigenvalue weighted by molar-refractivity contribution is 6.09. The molecule has 7 aromatic rings. The number of anilines is 3. The molecule has 0 aliphatic carbocycles. The monoisotopic (exact) mass is 603 g/mol. The van der Waals surface area contributed by atoms with Gasteiger partial charge in [0.1, 0.15) is 0 Å². The van der Waals surface area contributed by atoms with Crippen LogP contribution in [0.5, 0.6) is 0 Å². The molecule has 0 amide bonds. The molecule has 0 radical (unpaired) electrons. The quantitative estimate of drug-likeness (QED) is 0.121. The second-order valence-corrected chi connectivity index (χ2v) is 11.3. The van der Waals surface area contributed by atoms with Crippen LogP contribution in [-0.4, -0.2) is 5.78 Å². The molecule has 0 bridgehead atoms. The Bertz CT molecular complexity index is 2050. The summed E-state index contributed by atoms with van der Waals surface area (Å²) in [5, 5.41) is 0. The first-order valence-corrected chi connectivity index (χ1v) is 15.8. The number of para-hydroxylation sites is 1. The van der Waals surface area contributed by atoms with Crippen molar-refractivity contribution in [3.8, 4) is 0 Å². The molecule has 0 aliphatic heterocycles.